The van der Waals surface area contributed by atoms with E-state index in [4.69, 9.17) is 11.6 Å². The molecule has 1 aliphatic heterocycles. The van der Waals surface area contributed by atoms with Crippen molar-refractivity contribution in [3.05, 3.63) is 28.8 Å². The smallest absolute Gasteiger partial charge is 0.0810 e. The van der Waals surface area contributed by atoms with Crippen LogP contribution in [0.25, 0.3) is 0 Å². The van der Waals surface area contributed by atoms with Gasteiger partial charge in [0, 0.05) is 30.3 Å². The maximum Gasteiger partial charge on any atom is 0.0810 e. The summed E-state index contributed by atoms with van der Waals surface area (Å²) in [6.07, 6.45) is 0.814. The summed E-state index contributed by atoms with van der Waals surface area (Å²) >= 11 is 6.13. The fraction of sp³-hybridized carbons (Fsp3) is 0.625. The summed E-state index contributed by atoms with van der Waals surface area (Å²) in [4.78, 5) is 2.25. The zero-order chi connectivity index (χ0) is 14.8. The first-order chi connectivity index (χ1) is 9.37. The summed E-state index contributed by atoms with van der Waals surface area (Å²) in [6, 6.07) is 6.02. The van der Waals surface area contributed by atoms with Crippen LogP contribution in [0.4, 0.5) is 5.69 Å². The predicted molar refractivity (Wildman–Crippen MR) is 85.5 cm³/mol. The van der Waals surface area contributed by atoms with Gasteiger partial charge < -0.3 is 15.3 Å². The van der Waals surface area contributed by atoms with E-state index in [1.54, 1.807) is 0 Å². The van der Waals surface area contributed by atoms with Gasteiger partial charge in [-0.15, -0.1) is 0 Å². The average Bonchev–Trinajstić information content (AvgIpc) is 2.69. The van der Waals surface area contributed by atoms with Gasteiger partial charge in [-0.05, 0) is 49.6 Å². The normalized spacial score (nSPS) is 22.8. The Morgan fingerprint density at radius 2 is 2.20 bits per heavy atom. The van der Waals surface area contributed by atoms with Crippen LogP contribution in [0.15, 0.2) is 18.2 Å². The first-order valence-corrected chi connectivity index (χ1v) is 7.72. The van der Waals surface area contributed by atoms with Crippen molar-refractivity contribution < 1.29 is 5.11 Å². The summed E-state index contributed by atoms with van der Waals surface area (Å²) in [6.45, 7) is 9.68. The third-order valence-corrected chi connectivity index (χ3v) is 3.94. The number of halogens is 1. The molecule has 0 aliphatic carbocycles. The van der Waals surface area contributed by atoms with Crippen LogP contribution in [-0.4, -0.2) is 30.3 Å². The van der Waals surface area contributed by atoms with Crippen molar-refractivity contribution in [2.75, 3.05) is 24.5 Å². The molecule has 1 unspecified atom stereocenters. The molecular formula is C16H25ClN2O. The van der Waals surface area contributed by atoms with Gasteiger partial charge in [0.15, 0.2) is 0 Å². The monoisotopic (exact) mass is 296 g/mol. The highest BCUT2D eigenvalue weighted by Crippen LogP contribution is 2.30. The Bertz CT molecular complexity index is 460. The maximum absolute atomic E-state index is 10.1. The molecule has 4 heteroatoms. The minimum absolute atomic E-state index is 0.581. The molecule has 0 amide bonds. The van der Waals surface area contributed by atoms with Gasteiger partial charge >= 0.3 is 0 Å². The lowest BCUT2D eigenvalue weighted by Gasteiger charge is -2.24. The number of hydrogen-bond donors (Lipinski definition) is 2. The molecule has 1 fully saturated rings. The summed E-state index contributed by atoms with van der Waals surface area (Å²) in [5.74, 6) is 0.630. The van der Waals surface area contributed by atoms with E-state index in [-0.39, 0.29) is 0 Å². The lowest BCUT2D eigenvalue weighted by atomic mass is 10.1. The number of anilines is 1. The predicted octanol–water partition coefficient (Wildman–Crippen LogP) is 3.05. The zero-order valence-corrected chi connectivity index (χ0v) is 13.4. The van der Waals surface area contributed by atoms with Gasteiger partial charge in [-0.2, -0.15) is 0 Å². The number of rotatable bonds is 5. The largest absolute Gasteiger partial charge is 0.388 e. The van der Waals surface area contributed by atoms with E-state index in [0.29, 0.717) is 12.5 Å². The van der Waals surface area contributed by atoms with Crippen molar-refractivity contribution in [3.8, 4) is 0 Å². The standard InChI is InChI=1S/C16H25ClN2O/c1-12(2)9-18-10-13-8-14(17)4-5-15(13)19-7-6-16(3,20)11-19/h4-5,8,12,18,20H,6-7,9-11H2,1-3H3. The molecule has 0 radical (unpaired) electrons. The number of hydrogen-bond acceptors (Lipinski definition) is 3. The Hall–Kier alpha value is -0.770. The first kappa shape index (κ1) is 15.6. The molecule has 3 nitrogen and oxygen atoms in total. The van der Waals surface area contributed by atoms with Gasteiger partial charge in [-0.3, -0.25) is 0 Å². The lowest BCUT2D eigenvalue weighted by Crippen LogP contribution is -2.30. The second-order valence-electron chi connectivity index (χ2n) is 6.47. The van der Waals surface area contributed by atoms with Crippen LogP contribution in [-0.2, 0) is 6.54 Å². The Morgan fingerprint density at radius 1 is 1.45 bits per heavy atom. The second kappa shape index (κ2) is 6.33. The molecule has 1 heterocycles. The Kier molecular flexibility index (Phi) is 4.95. The maximum atomic E-state index is 10.1. The molecule has 0 bridgehead atoms. The third kappa shape index (κ3) is 4.11. The van der Waals surface area contributed by atoms with Crippen LogP contribution >= 0.6 is 11.6 Å². The average molecular weight is 297 g/mol. The van der Waals surface area contributed by atoms with Crippen LogP contribution in [0.5, 0.6) is 0 Å². The molecular weight excluding hydrogens is 272 g/mol. The van der Waals surface area contributed by atoms with Crippen LogP contribution in [0.3, 0.4) is 0 Å². The van der Waals surface area contributed by atoms with Gasteiger partial charge in [-0.1, -0.05) is 25.4 Å². The molecule has 0 aromatic heterocycles. The lowest BCUT2D eigenvalue weighted by molar-refractivity contribution is 0.0839. The van der Waals surface area contributed by atoms with Gasteiger partial charge in [0.25, 0.3) is 0 Å². The van der Waals surface area contributed by atoms with Gasteiger partial charge in [0.1, 0.15) is 0 Å². The SMILES string of the molecule is CC(C)CNCc1cc(Cl)ccc1N1CCC(C)(O)C1. The van der Waals surface area contributed by atoms with Crippen molar-refractivity contribution in [3.63, 3.8) is 0 Å². The highest BCUT2D eigenvalue weighted by atomic mass is 35.5. The molecule has 112 valence electrons. The van der Waals surface area contributed by atoms with Crippen LogP contribution in [0.2, 0.25) is 5.02 Å². The molecule has 1 saturated heterocycles. The fourth-order valence-electron chi connectivity index (χ4n) is 2.65. The van der Waals surface area contributed by atoms with E-state index in [0.717, 1.165) is 31.1 Å². The van der Waals surface area contributed by atoms with E-state index in [2.05, 4.69) is 30.1 Å². The van der Waals surface area contributed by atoms with Crippen LogP contribution in [0, 0.1) is 5.92 Å². The van der Waals surface area contributed by atoms with E-state index in [9.17, 15) is 5.11 Å². The van der Waals surface area contributed by atoms with Gasteiger partial charge in [0.05, 0.1) is 5.60 Å². The number of nitrogens with zero attached hydrogens (tertiary/aromatic N) is 1. The van der Waals surface area contributed by atoms with Gasteiger partial charge in [-0.25, -0.2) is 0 Å². The topological polar surface area (TPSA) is 35.5 Å². The van der Waals surface area contributed by atoms with Crippen molar-refractivity contribution in [1.82, 2.24) is 5.32 Å². The molecule has 1 aromatic carbocycles. The Labute approximate surface area is 126 Å². The highest BCUT2D eigenvalue weighted by molar-refractivity contribution is 6.30. The molecule has 2 rings (SSSR count). The van der Waals surface area contributed by atoms with Crippen LogP contribution in [0.1, 0.15) is 32.8 Å². The minimum atomic E-state index is -0.581. The molecule has 1 atom stereocenters. The molecule has 1 aliphatic rings. The number of aliphatic hydroxyl groups is 1. The fourth-order valence-corrected chi connectivity index (χ4v) is 2.85. The number of benzene rings is 1. The summed E-state index contributed by atoms with van der Waals surface area (Å²) < 4.78 is 0. The second-order valence-corrected chi connectivity index (χ2v) is 6.90. The Balaban J connectivity index is 2.12. The van der Waals surface area contributed by atoms with E-state index >= 15 is 0 Å². The zero-order valence-electron chi connectivity index (χ0n) is 12.6. The summed E-state index contributed by atoms with van der Waals surface area (Å²) in [5.41, 5.74) is 1.81. The van der Waals surface area contributed by atoms with E-state index < -0.39 is 5.60 Å². The number of nitrogens with one attached hydrogen (secondary N) is 1. The van der Waals surface area contributed by atoms with Crippen molar-refractivity contribution >= 4 is 17.3 Å². The van der Waals surface area contributed by atoms with E-state index in [1.807, 2.05) is 19.1 Å². The van der Waals surface area contributed by atoms with Gasteiger partial charge in [0.2, 0.25) is 0 Å². The molecule has 1 aromatic rings. The molecule has 2 N–H and O–H groups in total. The third-order valence-electron chi connectivity index (χ3n) is 3.70. The van der Waals surface area contributed by atoms with Crippen molar-refractivity contribution in [2.45, 2.75) is 39.3 Å². The molecule has 0 saturated carbocycles. The van der Waals surface area contributed by atoms with Crippen LogP contribution < -0.4 is 10.2 Å². The number of β-amino-alcohol motifs (C(OH)–C–C–N with tert-alkyl or cyclic N) is 1. The highest BCUT2D eigenvalue weighted by Gasteiger charge is 2.32. The molecule has 20 heavy (non-hydrogen) atoms. The van der Waals surface area contributed by atoms with Crippen molar-refractivity contribution in [1.29, 1.82) is 0 Å². The summed E-state index contributed by atoms with van der Waals surface area (Å²) in [5, 5.41) is 14.4. The molecule has 0 spiro atoms. The minimum Gasteiger partial charge on any atom is -0.388 e. The Morgan fingerprint density at radius 3 is 2.80 bits per heavy atom. The summed E-state index contributed by atoms with van der Waals surface area (Å²) in [7, 11) is 0. The van der Waals surface area contributed by atoms with Crippen molar-refractivity contribution in [2.24, 2.45) is 5.92 Å². The van der Waals surface area contributed by atoms with E-state index in [1.165, 1.54) is 11.3 Å². The quantitative estimate of drug-likeness (QED) is 0.877. The first-order valence-electron chi connectivity index (χ1n) is 7.34.